The van der Waals surface area contributed by atoms with E-state index in [4.69, 9.17) is 9.47 Å². The van der Waals surface area contributed by atoms with Crippen molar-refractivity contribution in [3.8, 4) is 0 Å². The van der Waals surface area contributed by atoms with Crippen LogP contribution in [0.1, 0.15) is 19.8 Å². The van der Waals surface area contributed by atoms with Crippen molar-refractivity contribution in [2.75, 3.05) is 13.2 Å². The van der Waals surface area contributed by atoms with Crippen molar-refractivity contribution in [1.29, 1.82) is 0 Å². The Morgan fingerprint density at radius 1 is 1.67 bits per heavy atom. The van der Waals surface area contributed by atoms with Crippen LogP contribution >= 0.6 is 0 Å². The molecule has 3 nitrogen and oxygen atoms in total. The topological polar surface area (TPSA) is 35.5 Å². The van der Waals surface area contributed by atoms with Gasteiger partial charge in [-0.25, -0.2) is 4.79 Å². The molecule has 12 heavy (non-hydrogen) atoms. The third-order valence-electron chi connectivity index (χ3n) is 1.64. The second kappa shape index (κ2) is 4.93. The van der Waals surface area contributed by atoms with Crippen LogP contribution in [0, 0.1) is 0 Å². The molecule has 1 atom stereocenters. The molecule has 1 heterocycles. The van der Waals surface area contributed by atoms with Crippen LogP contribution in [0.4, 0.5) is 0 Å². The van der Waals surface area contributed by atoms with Crippen molar-refractivity contribution in [2.45, 2.75) is 25.9 Å². The van der Waals surface area contributed by atoms with E-state index in [1.165, 1.54) is 6.08 Å². The van der Waals surface area contributed by atoms with Crippen LogP contribution < -0.4 is 0 Å². The molecule has 0 aromatic heterocycles. The first-order valence-electron chi connectivity index (χ1n) is 4.29. The fourth-order valence-electron chi connectivity index (χ4n) is 0.949. The predicted molar refractivity (Wildman–Crippen MR) is 44.7 cm³/mol. The maximum atomic E-state index is 10.6. The van der Waals surface area contributed by atoms with Crippen molar-refractivity contribution in [3.05, 3.63) is 12.2 Å². The molecule has 0 fully saturated rings. The van der Waals surface area contributed by atoms with Crippen LogP contribution in [0.2, 0.25) is 0 Å². The van der Waals surface area contributed by atoms with Crippen LogP contribution in [-0.2, 0) is 14.3 Å². The quantitative estimate of drug-likeness (QED) is 0.460. The summed E-state index contributed by atoms with van der Waals surface area (Å²) < 4.78 is 10.1. The Kier molecular flexibility index (Phi) is 3.80. The Balaban J connectivity index is 2.01. The average molecular weight is 170 g/mol. The summed E-state index contributed by atoms with van der Waals surface area (Å²) >= 11 is 0. The van der Waals surface area contributed by atoms with Gasteiger partial charge in [-0.1, -0.05) is 13.3 Å². The number of hydrogen-bond acceptors (Lipinski definition) is 3. The molecule has 0 aromatic rings. The van der Waals surface area contributed by atoms with Gasteiger partial charge in [0.15, 0.2) is 0 Å². The second-order valence-electron chi connectivity index (χ2n) is 2.76. The highest BCUT2D eigenvalue weighted by atomic mass is 16.6. The van der Waals surface area contributed by atoms with E-state index in [9.17, 15) is 4.79 Å². The molecule has 3 heteroatoms. The van der Waals surface area contributed by atoms with Gasteiger partial charge >= 0.3 is 5.97 Å². The monoisotopic (exact) mass is 170 g/mol. The molecule has 1 rings (SSSR count). The molecule has 0 radical (unpaired) electrons. The van der Waals surface area contributed by atoms with Crippen molar-refractivity contribution in [1.82, 2.24) is 0 Å². The summed E-state index contributed by atoms with van der Waals surface area (Å²) in [5.74, 6) is -0.265. The van der Waals surface area contributed by atoms with E-state index < -0.39 is 0 Å². The van der Waals surface area contributed by atoms with Gasteiger partial charge in [0.05, 0.1) is 6.61 Å². The van der Waals surface area contributed by atoms with E-state index in [-0.39, 0.29) is 12.1 Å². The highest BCUT2D eigenvalue weighted by molar-refractivity contribution is 5.84. The van der Waals surface area contributed by atoms with Gasteiger partial charge in [0.2, 0.25) is 0 Å². The number of rotatable bonds is 5. The molecule has 0 bridgehead atoms. The Bertz CT molecular complexity index is 175. The number of carbonyl (C=O) groups excluding carboxylic acids is 1. The predicted octanol–water partition coefficient (Wildman–Crippen LogP) is 1.28. The van der Waals surface area contributed by atoms with Gasteiger partial charge in [-0.15, -0.1) is 0 Å². The van der Waals surface area contributed by atoms with Gasteiger partial charge < -0.3 is 9.47 Å². The molecule has 0 amide bonds. The molecule has 0 saturated carbocycles. The lowest BCUT2D eigenvalue weighted by Gasteiger charge is -2.08. The summed E-state index contributed by atoms with van der Waals surface area (Å²) in [7, 11) is 0. The molecular formula is C9H14O3. The van der Waals surface area contributed by atoms with E-state index in [1.807, 2.05) is 0 Å². The van der Waals surface area contributed by atoms with Gasteiger partial charge in [0.1, 0.15) is 6.10 Å². The van der Waals surface area contributed by atoms with Gasteiger partial charge in [-0.05, 0) is 12.5 Å². The Hall–Kier alpha value is -0.830. The Morgan fingerprint density at radius 3 is 3.08 bits per heavy atom. The zero-order valence-electron chi connectivity index (χ0n) is 7.29. The van der Waals surface area contributed by atoms with Crippen molar-refractivity contribution in [2.24, 2.45) is 0 Å². The summed E-state index contributed by atoms with van der Waals surface area (Å²) in [5, 5.41) is 0. The maximum absolute atomic E-state index is 10.6. The third-order valence-corrected chi connectivity index (χ3v) is 1.64. The molecule has 0 aromatic carbocycles. The Morgan fingerprint density at radius 2 is 2.50 bits per heavy atom. The van der Waals surface area contributed by atoms with Gasteiger partial charge in [-0.3, -0.25) is 0 Å². The van der Waals surface area contributed by atoms with E-state index in [0.717, 1.165) is 19.4 Å². The first-order chi connectivity index (χ1) is 5.83. The van der Waals surface area contributed by atoms with Crippen LogP contribution in [0.3, 0.4) is 0 Å². The summed E-state index contributed by atoms with van der Waals surface area (Å²) in [6, 6.07) is 0. The fraction of sp³-hybridized carbons (Fsp3) is 0.667. The largest absolute Gasteiger partial charge is 0.452 e. The first kappa shape index (κ1) is 9.26. The van der Waals surface area contributed by atoms with E-state index >= 15 is 0 Å². The number of unbranched alkanes of at least 4 members (excludes halogenated alkanes) is 1. The molecule has 68 valence electrons. The van der Waals surface area contributed by atoms with Crippen molar-refractivity contribution < 1.29 is 14.3 Å². The standard InChI is InChI=1S/C9H14O3/c1-2-3-6-11-7-8-4-5-9(10)12-8/h4-5,8H,2-3,6-7H2,1H3/t8-/m0/s1. The minimum atomic E-state index is -0.265. The molecule has 0 aliphatic carbocycles. The fourth-order valence-corrected chi connectivity index (χ4v) is 0.949. The smallest absolute Gasteiger partial charge is 0.331 e. The SMILES string of the molecule is CCCCOC[C@@H]1C=CC(=O)O1. The minimum absolute atomic E-state index is 0.158. The molecule has 0 unspecified atom stereocenters. The zero-order valence-corrected chi connectivity index (χ0v) is 7.29. The summed E-state index contributed by atoms with van der Waals surface area (Å²) in [6.45, 7) is 3.35. The molecule has 1 aliphatic rings. The molecule has 0 N–H and O–H groups in total. The van der Waals surface area contributed by atoms with Crippen LogP contribution in [-0.4, -0.2) is 25.3 Å². The highest BCUT2D eigenvalue weighted by Crippen LogP contribution is 2.05. The number of esters is 1. The first-order valence-corrected chi connectivity index (χ1v) is 4.29. The normalized spacial score (nSPS) is 21.4. The molecule has 0 spiro atoms. The Labute approximate surface area is 72.4 Å². The maximum Gasteiger partial charge on any atom is 0.331 e. The van der Waals surface area contributed by atoms with Crippen molar-refractivity contribution >= 4 is 5.97 Å². The lowest BCUT2D eigenvalue weighted by molar-refractivity contribution is -0.140. The van der Waals surface area contributed by atoms with Crippen LogP contribution in [0.15, 0.2) is 12.2 Å². The van der Waals surface area contributed by atoms with Gasteiger partial charge in [0, 0.05) is 12.7 Å². The molecular weight excluding hydrogens is 156 g/mol. The van der Waals surface area contributed by atoms with Gasteiger partial charge in [-0.2, -0.15) is 0 Å². The van der Waals surface area contributed by atoms with Crippen LogP contribution in [0.25, 0.3) is 0 Å². The lowest BCUT2D eigenvalue weighted by Crippen LogP contribution is -2.15. The lowest BCUT2D eigenvalue weighted by atomic mass is 10.3. The number of ether oxygens (including phenoxy) is 2. The highest BCUT2D eigenvalue weighted by Gasteiger charge is 2.15. The minimum Gasteiger partial charge on any atom is -0.452 e. The molecule has 1 aliphatic heterocycles. The summed E-state index contributed by atoms with van der Waals surface area (Å²) in [6.07, 6.45) is 5.20. The van der Waals surface area contributed by atoms with E-state index in [0.29, 0.717) is 6.61 Å². The summed E-state index contributed by atoms with van der Waals surface area (Å²) in [4.78, 5) is 10.6. The third kappa shape index (κ3) is 3.05. The number of cyclic esters (lactones) is 1. The zero-order chi connectivity index (χ0) is 8.81. The van der Waals surface area contributed by atoms with E-state index in [1.54, 1.807) is 6.08 Å². The average Bonchev–Trinajstić information content (AvgIpc) is 2.45. The number of carbonyl (C=O) groups is 1. The van der Waals surface area contributed by atoms with Crippen molar-refractivity contribution in [3.63, 3.8) is 0 Å². The van der Waals surface area contributed by atoms with Gasteiger partial charge in [0.25, 0.3) is 0 Å². The second-order valence-corrected chi connectivity index (χ2v) is 2.76. The number of hydrogen-bond donors (Lipinski definition) is 0. The summed E-state index contributed by atoms with van der Waals surface area (Å²) in [5.41, 5.74) is 0. The van der Waals surface area contributed by atoms with Crippen LogP contribution in [0.5, 0.6) is 0 Å². The van der Waals surface area contributed by atoms with E-state index in [2.05, 4.69) is 6.92 Å². The molecule has 0 saturated heterocycles.